The molecule has 0 unspecified atom stereocenters. The molecule has 0 saturated carbocycles. The van der Waals surface area contributed by atoms with Gasteiger partial charge in [-0.15, -0.1) is 0 Å². The second-order valence-electron chi connectivity index (χ2n) is 6.41. The maximum Gasteiger partial charge on any atom is 0.253 e. The number of hydrogen-bond acceptors (Lipinski definition) is 3. The van der Waals surface area contributed by atoms with Crippen LogP contribution in [0.25, 0.3) is 0 Å². The van der Waals surface area contributed by atoms with Gasteiger partial charge in [0.05, 0.1) is 6.61 Å². The number of carbonyl (C=O) groups excluding carboxylic acids is 1. The Kier molecular flexibility index (Phi) is 5.28. The van der Waals surface area contributed by atoms with Crippen molar-refractivity contribution >= 4 is 5.91 Å². The Labute approximate surface area is 143 Å². The summed E-state index contributed by atoms with van der Waals surface area (Å²) in [5.41, 5.74) is 4.14. The Morgan fingerprint density at radius 3 is 2.33 bits per heavy atom. The molecule has 126 valence electrons. The molecular formula is C20H24N2O2. The summed E-state index contributed by atoms with van der Waals surface area (Å²) in [6.07, 6.45) is 0. The lowest BCUT2D eigenvalue weighted by Gasteiger charge is -2.34. The van der Waals surface area contributed by atoms with E-state index in [1.807, 2.05) is 4.90 Å². The third kappa shape index (κ3) is 4.02. The van der Waals surface area contributed by atoms with Crippen molar-refractivity contribution in [3.63, 3.8) is 0 Å². The summed E-state index contributed by atoms with van der Waals surface area (Å²) in [5, 5.41) is 9.08. The first-order valence-electron chi connectivity index (χ1n) is 8.42. The summed E-state index contributed by atoms with van der Waals surface area (Å²) in [7, 11) is 0. The Hall–Kier alpha value is -2.17. The molecule has 24 heavy (non-hydrogen) atoms. The fourth-order valence-corrected chi connectivity index (χ4v) is 3.11. The second kappa shape index (κ2) is 7.60. The quantitative estimate of drug-likeness (QED) is 0.939. The molecule has 1 N–H and O–H groups in total. The van der Waals surface area contributed by atoms with Crippen molar-refractivity contribution < 1.29 is 9.90 Å². The standard InChI is InChI=1S/C20H24N2O2/c1-16-3-2-4-18(13-16)14-21-9-11-22(12-10-21)20(24)19-7-5-17(15-23)6-8-19/h2-8,13,23H,9-12,14-15H2,1H3. The van der Waals surface area contributed by atoms with E-state index in [1.54, 1.807) is 24.3 Å². The van der Waals surface area contributed by atoms with E-state index in [0.717, 1.165) is 38.3 Å². The van der Waals surface area contributed by atoms with Gasteiger partial charge in [0.15, 0.2) is 0 Å². The lowest BCUT2D eigenvalue weighted by atomic mass is 10.1. The molecule has 4 heteroatoms. The van der Waals surface area contributed by atoms with Crippen LogP contribution in [0, 0.1) is 6.92 Å². The van der Waals surface area contributed by atoms with Gasteiger partial charge in [-0.05, 0) is 30.2 Å². The van der Waals surface area contributed by atoms with Gasteiger partial charge in [0.2, 0.25) is 0 Å². The summed E-state index contributed by atoms with van der Waals surface area (Å²) in [4.78, 5) is 16.9. The summed E-state index contributed by atoms with van der Waals surface area (Å²) < 4.78 is 0. The van der Waals surface area contributed by atoms with Crippen molar-refractivity contribution in [3.05, 3.63) is 70.8 Å². The number of rotatable bonds is 4. The highest BCUT2D eigenvalue weighted by Gasteiger charge is 2.22. The van der Waals surface area contributed by atoms with Gasteiger partial charge in [0.1, 0.15) is 0 Å². The van der Waals surface area contributed by atoms with Gasteiger partial charge >= 0.3 is 0 Å². The molecule has 0 spiro atoms. The molecule has 0 aromatic heterocycles. The van der Waals surface area contributed by atoms with Crippen molar-refractivity contribution in [1.29, 1.82) is 0 Å². The third-order valence-electron chi connectivity index (χ3n) is 4.53. The molecule has 1 heterocycles. The van der Waals surface area contributed by atoms with Crippen LogP contribution in [0.4, 0.5) is 0 Å². The molecule has 1 aliphatic rings. The molecule has 1 amide bonds. The van der Waals surface area contributed by atoms with Gasteiger partial charge in [-0.1, -0.05) is 42.0 Å². The van der Waals surface area contributed by atoms with Crippen LogP contribution in [0.15, 0.2) is 48.5 Å². The molecule has 2 aromatic rings. The zero-order valence-corrected chi connectivity index (χ0v) is 14.1. The van der Waals surface area contributed by atoms with E-state index in [0.29, 0.717) is 5.56 Å². The van der Waals surface area contributed by atoms with E-state index < -0.39 is 0 Å². The SMILES string of the molecule is Cc1cccc(CN2CCN(C(=O)c3ccc(CO)cc3)CC2)c1. The summed E-state index contributed by atoms with van der Waals surface area (Å²) >= 11 is 0. The number of piperazine rings is 1. The minimum atomic E-state index is 0.00606. The Balaban J connectivity index is 1.55. The molecule has 0 aliphatic carbocycles. The number of aliphatic hydroxyl groups excluding tert-OH is 1. The minimum Gasteiger partial charge on any atom is -0.392 e. The highest BCUT2D eigenvalue weighted by Crippen LogP contribution is 2.13. The molecule has 4 nitrogen and oxygen atoms in total. The van der Waals surface area contributed by atoms with E-state index in [1.165, 1.54) is 11.1 Å². The third-order valence-corrected chi connectivity index (χ3v) is 4.53. The van der Waals surface area contributed by atoms with Crippen molar-refractivity contribution in [3.8, 4) is 0 Å². The predicted octanol–water partition coefficient (Wildman–Crippen LogP) is 2.45. The molecule has 0 radical (unpaired) electrons. The number of nitrogens with zero attached hydrogens (tertiary/aromatic N) is 2. The Bertz CT molecular complexity index is 689. The van der Waals surface area contributed by atoms with Gasteiger partial charge in [-0.3, -0.25) is 9.69 Å². The number of carbonyl (C=O) groups is 1. The first-order valence-corrected chi connectivity index (χ1v) is 8.42. The molecular weight excluding hydrogens is 300 g/mol. The van der Waals surface area contributed by atoms with E-state index >= 15 is 0 Å². The maximum atomic E-state index is 12.6. The average molecular weight is 324 g/mol. The van der Waals surface area contributed by atoms with Crippen LogP contribution in [0.1, 0.15) is 27.0 Å². The van der Waals surface area contributed by atoms with Crippen LogP contribution in [0.5, 0.6) is 0 Å². The Morgan fingerprint density at radius 1 is 1.00 bits per heavy atom. The minimum absolute atomic E-state index is 0.00606. The molecule has 1 saturated heterocycles. The molecule has 1 fully saturated rings. The van der Waals surface area contributed by atoms with Gasteiger partial charge in [0, 0.05) is 38.3 Å². The van der Waals surface area contributed by atoms with Crippen molar-refractivity contribution in [2.75, 3.05) is 26.2 Å². The van der Waals surface area contributed by atoms with Crippen LogP contribution in [0.3, 0.4) is 0 Å². The summed E-state index contributed by atoms with van der Waals surface area (Å²) in [6, 6.07) is 15.8. The van der Waals surface area contributed by atoms with Gasteiger partial charge in [0.25, 0.3) is 5.91 Å². The van der Waals surface area contributed by atoms with E-state index in [4.69, 9.17) is 5.11 Å². The van der Waals surface area contributed by atoms with Gasteiger partial charge < -0.3 is 10.0 Å². The van der Waals surface area contributed by atoms with Crippen LogP contribution in [-0.2, 0) is 13.2 Å². The topological polar surface area (TPSA) is 43.8 Å². The monoisotopic (exact) mass is 324 g/mol. The fraction of sp³-hybridized carbons (Fsp3) is 0.350. The van der Waals surface area contributed by atoms with Crippen molar-refractivity contribution in [2.24, 2.45) is 0 Å². The Morgan fingerprint density at radius 2 is 1.71 bits per heavy atom. The van der Waals surface area contributed by atoms with E-state index in [9.17, 15) is 4.79 Å². The zero-order valence-electron chi connectivity index (χ0n) is 14.1. The zero-order chi connectivity index (χ0) is 16.9. The molecule has 0 atom stereocenters. The number of hydrogen-bond donors (Lipinski definition) is 1. The van der Waals surface area contributed by atoms with Gasteiger partial charge in [-0.2, -0.15) is 0 Å². The summed E-state index contributed by atoms with van der Waals surface area (Å²) in [6.45, 7) is 6.37. The fourth-order valence-electron chi connectivity index (χ4n) is 3.11. The maximum absolute atomic E-state index is 12.6. The van der Waals surface area contributed by atoms with Crippen LogP contribution in [0.2, 0.25) is 0 Å². The number of benzene rings is 2. The highest BCUT2D eigenvalue weighted by molar-refractivity contribution is 5.94. The number of amides is 1. The normalized spacial score (nSPS) is 15.5. The first-order chi connectivity index (χ1) is 11.7. The predicted molar refractivity (Wildman–Crippen MR) is 94.7 cm³/mol. The molecule has 2 aromatic carbocycles. The van der Waals surface area contributed by atoms with E-state index in [2.05, 4.69) is 36.1 Å². The average Bonchev–Trinajstić information content (AvgIpc) is 2.62. The first kappa shape index (κ1) is 16.7. The molecule has 1 aliphatic heterocycles. The molecule has 3 rings (SSSR count). The van der Waals surface area contributed by atoms with Crippen LogP contribution in [-0.4, -0.2) is 47.0 Å². The largest absolute Gasteiger partial charge is 0.392 e. The number of aryl methyl sites for hydroxylation is 1. The smallest absolute Gasteiger partial charge is 0.253 e. The van der Waals surface area contributed by atoms with Crippen molar-refractivity contribution in [2.45, 2.75) is 20.1 Å². The van der Waals surface area contributed by atoms with Crippen LogP contribution < -0.4 is 0 Å². The van der Waals surface area contributed by atoms with Crippen LogP contribution >= 0.6 is 0 Å². The van der Waals surface area contributed by atoms with E-state index in [-0.39, 0.29) is 12.5 Å². The second-order valence-corrected chi connectivity index (χ2v) is 6.41. The lowest BCUT2D eigenvalue weighted by molar-refractivity contribution is 0.0628. The molecule has 0 bridgehead atoms. The number of aliphatic hydroxyl groups is 1. The lowest BCUT2D eigenvalue weighted by Crippen LogP contribution is -2.48. The highest BCUT2D eigenvalue weighted by atomic mass is 16.3. The van der Waals surface area contributed by atoms with Crippen molar-refractivity contribution in [1.82, 2.24) is 9.80 Å². The summed E-state index contributed by atoms with van der Waals surface area (Å²) in [5.74, 6) is 0.0784. The van der Waals surface area contributed by atoms with Gasteiger partial charge in [-0.25, -0.2) is 0 Å².